The van der Waals surface area contributed by atoms with Crippen LogP contribution in [0.25, 0.3) is 10.9 Å². The molecule has 15 heteroatoms. The van der Waals surface area contributed by atoms with Gasteiger partial charge in [-0.15, -0.1) is 0 Å². The van der Waals surface area contributed by atoms with Crippen molar-refractivity contribution in [1.82, 2.24) is 20.9 Å². The smallest absolute Gasteiger partial charge is 0.326 e. The minimum Gasteiger partial charge on any atom is -0.481 e. The first-order valence-electron chi connectivity index (χ1n) is 14.1. The number of hydrogen-bond acceptors (Lipinski definition) is 7. The summed E-state index contributed by atoms with van der Waals surface area (Å²) in [6, 6.07) is 2.61. The number of carboxylic acid groups (broad SMARTS) is 2. The van der Waals surface area contributed by atoms with E-state index in [1.807, 2.05) is 31.2 Å². The fourth-order valence-corrected chi connectivity index (χ4v) is 4.40. The molecule has 12 N–H and O–H groups in total. The van der Waals surface area contributed by atoms with Gasteiger partial charge in [0.2, 0.25) is 17.7 Å². The van der Waals surface area contributed by atoms with Crippen LogP contribution in [0.5, 0.6) is 0 Å². The van der Waals surface area contributed by atoms with Gasteiger partial charge in [0, 0.05) is 36.5 Å². The highest BCUT2D eigenvalue weighted by Gasteiger charge is 2.32. The highest BCUT2D eigenvalue weighted by molar-refractivity contribution is 5.94. The van der Waals surface area contributed by atoms with Gasteiger partial charge in [-0.1, -0.05) is 38.5 Å². The molecular formula is C28H42N8O7. The number of carbonyl (C=O) groups excluding carboxylic acids is 3. The van der Waals surface area contributed by atoms with Crippen LogP contribution in [0.2, 0.25) is 0 Å². The summed E-state index contributed by atoms with van der Waals surface area (Å²) in [5, 5.41) is 27.3. The molecule has 1 aromatic heterocycles. The van der Waals surface area contributed by atoms with Crippen molar-refractivity contribution >= 4 is 46.5 Å². The molecule has 236 valence electrons. The number of aliphatic imine (C=N–C) groups is 1. The molecule has 5 atom stereocenters. The molecule has 43 heavy (non-hydrogen) atoms. The molecule has 0 spiro atoms. The number of nitrogens with one attached hydrogen (secondary N) is 4. The van der Waals surface area contributed by atoms with E-state index in [9.17, 15) is 29.1 Å². The van der Waals surface area contributed by atoms with E-state index in [0.29, 0.717) is 12.0 Å². The van der Waals surface area contributed by atoms with Crippen LogP contribution < -0.4 is 33.2 Å². The Morgan fingerprint density at radius 3 is 2.26 bits per heavy atom. The molecule has 0 fully saturated rings. The average Bonchev–Trinajstić information content (AvgIpc) is 3.37. The zero-order chi connectivity index (χ0) is 32.1. The first-order chi connectivity index (χ1) is 20.3. The molecule has 2 aromatic rings. The number of fused-ring (bicyclic) bond motifs is 1. The number of carboxylic acids is 2. The normalized spacial score (nSPS) is 14.5. The number of carbonyl (C=O) groups is 5. The van der Waals surface area contributed by atoms with Crippen LogP contribution in [0.4, 0.5) is 0 Å². The minimum absolute atomic E-state index is 0.0143. The molecule has 1 aromatic carbocycles. The van der Waals surface area contributed by atoms with Gasteiger partial charge in [-0.25, -0.2) is 4.79 Å². The molecule has 0 radical (unpaired) electrons. The maximum Gasteiger partial charge on any atom is 0.326 e. The van der Waals surface area contributed by atoms with Crippen molar-refractivity contribution in [3.05, 3.63) is 36.0 Å². The van der Waals surface area contributed by atoms with E-state index < -0.39 is 53.8 Å². The summed E-state index contributed by atoms with van der Waals surface area (Å²) in [7, 11) is 0. The summed E-state index contributed by atoms with van der Waals surface area (Å²) in [5.41, 5.74) is 18.1. The van der Waals surface area contributed by atoms with Crippen LogP contribution in [0, 0.1) is 5.92 Å². The number of nitrogens with zero attached hydrogens (tertiary/aromatic N) is 1. The fraction of sp³-hybridized carbons (Fsp3) is 0.500. The van der Waals surface area contributed by atoms with Crippen LogP contribution in [0.3, 0.4) is 0 Å². The number of guanidine groups is 1. The van der Waals surface area contributed by atoms with Crippen molar-refractivity contribution in [2.24, 2.45) is 28.1 Å². The fourth-order valence-electron chi connectivity index (χ4n) is 4.40. The number of benzene rings is 1. The maximum absolute atomic E-state index is 13.4. The van der Waals surface area contributed by atoms with E-state index >= 15 is 0 Å². The molecule has 15 nitrogen and oxygen atoms in total. The summed E-state index contributed by atoms with van der Waals surface area (Å²) in [6.07, 6.45) is 2.04. The molecule has 2 rings (SSSR count). The second kappa shape index (κ2) is 16.7. The Morgan fingerprint density at radius 1 is 0.953 bits per heavy atom. The van der Waals surface area contributed by atoms with Gasteiger partial charge in [0.1, 0.15) is 18.1 Å². The van der Waals surface area contributed by atoms with Crippen molar-refractivity contribution in [2.75, 3.05) is 6.54 Å². The van der Waals surface area contributed by atoms with E-state index in [2.05, 4.69) is 25.9 Å². The van der Waals surface area contributed by atoms with Crippen LogP contribution in [0.15, 0.2) is 35.5 Å². The molecule has 0 saturated heterocycles. The molecule has 0 aliphatic heterocycles. The third-order valence-electron chi connectivity index (χ3n) is 7.09. The summed E-state index contributed by atoms with van der Waals surface area (Å²) in [6.45, 7) is 3.69. The highest BCUT2D eigenvalue weighted by atomic mass is 16.4. The maximum atomic E-state index is 13.4. The summed E-state index contributed by atoms with van der Waals surface area (Å²) in [4.78, 5) is 69.4. The number of aromatic amines is 1. The lowest BCUT2D eigenvalue weighted by Gasteiger charge is -2.28. The lowest BCUT2D eigenvalue weighted by Crippen LogP contribution is -2.58. The second-order valence-corrected chi connectivity index (χ2v) is 10.4. The lowest BCUT2D eigenvalue weighted by molar-refractivity contribution is -0.142. The van der Waals surface area contributed by atoms with Gasteiger partial charge >= 0.3 is 11.9 Å². The minimum atomic E-state index is -1.30. The molecule has 0 aliphatic carbocycles. The predicted octanol–water partition coefficient (Wildman–Crippen LogP) is -0.459. The number of amides is 3. The number of nitrogens with two attached hydrogens (primary N) is 3. The van der Waals surface area contributed by atoms with Gasteiger partial charge in [0.25, 0.3) is 0 Å². The SMILES string of the molecule is CCC(C)C(NC(=O)C(N)CCC(=O)O)C(=O)NC(CCCN=C(N)N)C(=O)NC(Cc1c[nH]c2ccccc12)C(=O)O. The van der Waals surface area contributed by atoms with Crippen LogP contribution >= 0.6 is 0 Å². The first kappa shape index (κ1) is 34.5. The summed E-state index contributed by atoms with van der Waals surface area (Å²) >= 11 is 0. The Labute approximate surface area is 249 Å². The van der Waals surface area contributed by atoms with E-state index in [4.69, 9.17) is 22.3 Å². The Kier molecular flexibility index (Phi) is 13.4. The lowest BCUT2D eigenvalue weighted by atomic mass is 9.96. The van der Waals surface area contributed by atoms with E-state index in [0.717, 1.165) is 10.9 Å². The van der Waals surface area contributed by atoms with Gasteiger partial charge in [0.15, 0.2) is 5.96 Å². The third-order valence-corrected chi connectivity index (χ3v) is 7.09. The molecular weight excluding hydrogens is 560 g/mol. The third kappa shape index (κ3) is 10.9. The number of rotatable bonds is 18. The van der Waals surface area contributed by atoms with E-state index in [1.54, 1.807) is 13.1 Å². The number of H-pyrrole nitrogens is 1. The van der Waals surface area contributed by atoms with Crippen LogP contribution in [-0.4, -0.2) is 81.5 Å². The van der Waals surface area contributed by atoms with Crippen molar-refractivity contribution < 1.29 is 34.2 Å². The zero-order valence-corrected chi connectivity index (χ0v) is 24.3. The first-order valence-corrected chi connectivity index (χ1v) is 14.1. The topological polar surface area (TPSA) is 268 Å². The average molecular weight is 603 g/mol. The quantitative estimate of drug-likeness (QED) is 0.0602. The number of aromatic nitrogens is 1. The van der Waals surface area contributed by atoms with Crippen LogP contribution in [-0.2, 0) is 30.4 Å². The largest absolute Gasteiger partial charge is 0.481 e. The monoisotopic (exact) mass is 602 g/mol. The van der Waals surface area contributed by atoms with Crippen molar-refractivity contribution in [3.63, 3.8) is 0 Å². The van der Waals surface area contributed by atoms with Gasteiger partial charge < -0.3 is 48.3 Å². The van der Waals surface area contributed by atoms with Crippen LogP contribution in [0.1, 0.15) is 51.5 Å². The number of para-hydroxylation sites is 1. The Hall–Kier alpha value is -4.66. The number of aliphatic carboxylic acids is 2. The molecule has 0 saturated carbocycles. The van der Waals surface area contributed by atoms with Gasteiger partial charge in [-0.2, -0.15) is 0 Å². The standard InChI is InChI=1S/C28H42N8O7/c1-3-15(2)23(36-24(39)18(29)10-11-22(37)38)26(41)34-20(9-6-12-32-28(30)31)25(40)35-21(27(42)43)13-16-14-33-19-8-5-4-7-17(16)19/h4-5,7-8,14-15,18,20-21,23,33H,3,6,9-13,29H2,1-2H3,(H,34,41)(H,35,40)(H,36,39)(H,37,38)(H,42,43)(H4,30,31,32). The highest BCUT2D eigenvalue weighted by Crippen LogP contribution is 2.19. The van der Waals surface area contributed by atoms with E-state index in [1.165, 1.54) is 0 Å². The molecule has 0 bridgehead atoms. The summed E-state index contributed by atoms with van der Waals surface area (Å²) < 4.78 is 0. The second-order valence-electron chi connectivity index (χ2n) is 10.4. The van der Waals surface area contributed by atoms with Gasteiger partial charge in [0.05, 0.1) is 6.04 Å². The Bertz CT molecular complexity index is 1310. The molecule has 0 aliphatic rings. The predicted molar refractivity (Wildman–Crippen MR) is 160 cm³/mol. The molecule has 1 heterocycles. The Morgan fingerprint density at radius 2 is 1.63 bits per heavy atom. The Balaban J connectivity index is 2.22. The van der Waals surface area contributed by atoms with Gasteiger partial charge in [-0.05, 0) is 36.8 Å². The van der Waals surface area contributed by atoms with E-state index in [-0.39, 0.29) is 50.5 Å². The number of hydrogen-bond donors (Lipinski definition) is 9. The summed E-state index contributed by atoms with van der Waals surface area (Å²) in [5.74, 6) is -5.03. The van der Waals surface area contributed by atoms with Crippen molar-refractivity contribution in [3.8, 4) is 0 Å². The van der Waals surface area contributed by atoms with Crippen molar-refractivity contribution in [2.45, 2.75) is 76.5 Å². The van der Waals surface area contributed by atoms with Crippen molar-refractivity contribution in [1.29, 1.82) is 0 Å². The zero-order valence-electron chi connectivity index (χ0n) is 24.3. The molecule has 3 amide bonds. The molecule has 5 unspecified atom stereocenters. The van der Waals surface area contributed by atoms with Gasteiger partial charge in [-0.3, -0.25) is 24.2 Å².